The van der Waals surface area contributed by atoms with Gasteiger partial charge in [-0.25, -0.2) is 55.4 Å². The number of phenols is 1. The molecule has 1 N–H and O–H groups in total. The lowest BCUT2D eigenvalue weighted by molar-refractivity contribution is -0.122. The molecule has 1 saturated heterocycles. The number of ether oxygens (including phenoxy) is 2. The molecule has 1 saturated carbocycles. The highest BCUT2D eigenvalue weighted by atomic mass is 35.5. The van der Waals surface area contributed by atoms with Gasteiger partial charge in [0.15, 0.2) is 44.5 Å². The van der Waals surface area contributed by atoms with Crippen molar-refractivity contribution < 1.29 is 46.1 Å². The summed E-state index contributed by atoms with van der Waals surface area (Å²) in [6.07, 6.45) is 0.426. The number of carbonyl (C=O) groups is 2. The number of alkyl halides is 2. The van der Waals surface area contributed by atoms with Gasteiger partial charge in [0.05, 0.1) is 37.8 Å². The second-order valence-corrected chi connectivity index (χ2v) is 16.2. The molecule has 2 fully saturated rings. The summed E-state index contributed by atoms with van der Waals surface area (Å²) < 4.78 is 89.3. The van der Waals surface area contributed by atoms with Crippen LogP contribution in [-0.4, -0.2) is 64.4 Å². The molecule has 2 amide bonds. The van der Waals surface area contributed by atoms with Crippen molar-refractivity contribution in [1.82, 2.24) is 23.5 Å². The normalized spacial score (nSPS) is 21.9. The molecule has 4 aromatic carbocycles. The van der Waals surface area contributed by atoms with E-state index in [1.807, 2.05) is 0 Å². The number of hydrogen-bond donors (Lipinski definition) is 1. The average Bonchev–Trinajstić information content (AvgIpc) is 3.59. The van der Waals surface area contributed by atoms with Crippen LogP contribution < -0.4 is 31.3 Å². The van der Waals surface area contributed by atoms with Gasteiger partial charge in [0.2, 0.25) is 5.82 Å². The molecule has 320 valence electrons. The van der Waals surface area contributed by atoms with Gasteiger partial charge >= 0.3 is 11.4 Å². The number of rotatable bonds is 7. The minimum absolute atomic E-state index is 0.0154. The molecule has 9 rings (SSSR count). The van der Waals surface area contributed by atoms with Gasteiger partial charge < -0.3 is 19.1 Å². The second kappa shape index (κ2) is 14.0. The third kappa shape index (κ3) is 5.26. The van der Waals surface area contributed by atoms with E-state index in [9.17, 15) is 42.3 Å². The van der Waals surface area contributed by atoms with Crippen molar-refractivity contribution in [2.75, 3.05) is 19.1 Å². The number of carbonyl (C=O) groups excluding carboxylic acids is 2. The number of benzene rings is 4. The molecular formula is C41H29Cl2F5N6O8. The molecule has 2 aliphatic heterocycles. The molecule has 3 aliphatic rings. The fourth-order valence-electron chi connectivity index (χ4n) is 9.06. The van der Waals surface area contributed by atoms with Crippen molar-refractivity contribution in [1.29, 1.82) is 0 Å². The highest BCUT2D eigenvalue weighted by molar-refractivity contribution is 6.58. The summed E-state index contributed by atoms with van der Waals surface area (Å²) in [6.45, 7) is -0.709. The number of halogens is 7. The van der Waals surface area contributed by atoms with Gasteiger partial charge in [-0.1, -0.05) is 36.4 Å². The zero-order chi connectivity index (χ0) is 44.5. The van der Waals surface area contributed by atoms with Gasteiger partial charge in [0.25, 0.3) is 17.4 Å². The Morgan fingerprint density at radius 2 is 1.47 bits per heavy atom. The van der Waals surface area contributed by atoms with E-state index in [0.717, 1.165) is 13.9 Å². The largest absolute Gasteiger partial charge is 0.507 e. The number of aromatic nitrogens is 5. The molecule has 62 heavy (non-hydrogen) atoms. The Labute approximate surface area is 354 Å². The number of aromatic hydroxyl groups is 1. The van der Waals surface area contributed by atoms with Crippen LogP contribution in [0.1, 0.15) is 29.6 Å². The molecule has 1 aliphatic carbocycles. The smallest absolute Gasteiger partial charge is 0.347 e. The number of hydrogen-bond acceptors (Lipinski definition) is 9. The zero-order valence-corrected chi connectivity index (χ0v) is 33.8. The second-order valence-electron chi connectivity index (χ2n) is 15.0. The van der Waals surface area contributed by atoms with Crippen LogP contribution in [0.5, 0.6) is 17.2 Å². The molecule has 21 heteroatoms. The van der Waals surface area contributed by atoms with Crippen LogP contribution in [0.15, 0.2) is 74.6 Å². The van der Waals surface area contributed by atoms with Gasteiger partial charge in [-0.3, -0.25) is 14.4 Å². The van der Waals surface area contributed by atoms with Crippen LogP contribution in [0.2, 0.25) is 0 Å². The lowest BCUT2D eigenvalue weighted by atomic mass is 9.63. The molecule has 2 aromatic heterocycles. The van der Waals surface area contributed by atoms with E-state index in [-0.39, 0.29) is 57.8 Å². The van der Waals surface area contributed by atoms with E-state index in [4.69, 9.17) is 32.7 Å². The van der Waals surface area contributed by atoms with E-state index in [2.05, 4.69) is 4.98 Å². The van der Waals surface area contributed by atoms with E-state index >= 15 is 8.78 Å². The van der Waals surface area contributed by atoms with Crippen LogP contribution in [0.3, 0.4) is 0 Å². The summed E-state index contributed by atoms with van der Waals surface area (Å²) in [5.74, 6) is -16.9. The molecule has 0 radical (unpaired) electrons. The van der Waals surface area contributed by atoms with E-state index in [1.54, 1.807) is 24.3 Å². The number of fused-ring (bicyclic) bond motifs is 6. The Morgan fingerprint density at radius 1 is 0.839 bits per heavy atom. The van der Waals surface area contributed by atoms with Gasteiger partial charge in [0, 0.05) is 49.9 Å². The first-order chi connectivity index (χ1) is 29.4. The van der Waals surface area contributed by atoms with Crippen molar-refractivity contribution in [2.45, 2.75) is 47.6 Å². The number of allylic oxidation sites excluding steroid dienone is 2. The first-order valence-corrected chi connectivity index (χ1v) is 19.4. The van der Waals surface area contributed by atoms with Crippen molar-refractivity contribution in [3.8, 4) is 17.2 Å². The Kier molecular flexibility index (Phi) is 9.26. The molecule has 4 unspecified atom stereocenters. The average molecular weight is 900 g/mol. The molecule has 6 aromatic rings. The Morgan fingerprint density at radius 3 is 2.13 bits per heavy atom. The first-order valence-electron chi connectivity index (χ1n) is 18.6. The molecule has 14 nitrogen and oxygen atoms in total. The third-order valence-corrected chi connectivity index (χ3v) is 13.4. The van der Waals surface area contributed by atoms with Crippen LogP contribution >= 0.6 is 23.2 Å². The first kappa shape index (κ1) is 40.9. The number of aryl methyl sites for hydroxylation is 2. The molecular weight excluding hydrogens is 870 g/mol. The lowest BCUT2D eigenvalue weighted by Crippen LogP contribution is -2.59. The maximum absolute atomic E-state index is 15.5. The topological polar surface area (TPSA) is 160 Å². The number of methoxy groups -OCH3 is 2. The fourth-order valence-corrected chi connectivity index (χ4v) is 9.97. The zero-order valence-electron chi connectivity index (χ0n) is 32.3. The minimum Gasteiger partial charge on any atom is -0.507 e. The minimum atomic E-state index is -2.80. The summed E-state index contributed by atoms with van der Waals surface area (Å²) in [5.41, 5.74) is -3.29. The van der Waals surface area contributed by atoms with Crippen LogP contribution in [0.25, 0.3) is 21.8 Å². The summed E-state index contributed by atoms with van der Waals surface area (Å²) in [6, 6.07) is 10.5. The standard InChI is InChI=1S/C41H29Cl2F5N6O8/c1-50-23-15-27(62-3)26(61-2)14-22(23)49-21(35(50)56)11-12-51-38(59)52-13-10-20-24(54(52)39(51)60)16-40(42)36(57)53(34-32(47)30(45)29(44)31(46)33(34)48)37(58)41(40,43)28(20)19-8-9-25(55)18-7-5-4-6-17(18)19/h4-10,14-15,24,28,55H,11-13,16H2,1-3H3. The highest BCUT2D eigenvalue weighted by Crippen LogP contribution is 2.64. The molecule has 0 spiro atoms. The number of amides is 2. The van der Waals surface area contributed by atoms with Crippen LogP contribution in [-0.2, 0) is 36.1 Å². The Balaban J connectivity index is 1.20. The van der Waals surface area contributed by atoms with Gasteiger partial charge in [-0.05, 0) is 22.6 Å². The number of anilines is 1. The van der Waals surface area contributed by atoms with Gasteiger partial charge in [-0.2, -0.15) is 0 Å². The monoisotopic (exact) mass is 898 g/mol. The predicted octanol–water partition coefficient (Wildman–Crippen LogP) is 5.07. The van der Waals surface area contributed by atoms with Crippen molar-refractivity contribution in [2.24, 2.45) is 7.05 Å². The molecule has 0 bridgehead atoms. The summed E-state index contributed by atoms with van der Waals surface area (Å²) in [5, 5.41) is 11.3. The lowest BCUT2D eigenvalue weighted by Gasteiger charge is -2.49. The Hall–Kier alpha value is -6.47. The van der Waals surface area contributed by atoms with Crippen molar-refractivity contribution in [3.05, 3.63) is 132 Å². The number of nitrogens with zero attached hydrogens (tertiary/aromatic N) is 6. The fraction of sp³-hybridized carbons (Fsp3) is 0.268. The van der Waals surface area contributed by atoms with Crippen LogP contribution in [0, 0.1) is 29.1 Å². The highest BCUT2D eigenvalue weighted by Gasteiger charge is 2.76. The number of phenolic OH excluding ortho intramolecular Hbond substituents is 1. The van der Waals surface area contributed by atoms with Crippen molar-refractivity contribution in [3.63, 3.8) is 0 Å². The maximum Gasteiger partial charge on any atom is 0.347 e. The van der Waals surface area contributed by atoms with Crippen molar-refractivity contribution >= 4 is 62.5 Å². The van der Waals surface area contributed by atoms with E-state index in [1.165, 1.54) is 56.2 Å². The SMILES string of the molecule is COc1cc2nc(CCn3c(=O)n4n(c3=O)C3CC5(Cl)C(=O)N(c6c(F)c(F)c(F)c(F)c6F)C(=O)C5(Cl)C(c5ccc(O)c6ccccc56)C3=CC4)c(=O)n(C)c2cc1OC. The van der Waals surface area contributed by atoms with Crippen LogP contribution in [0.4, 0.5) is 27.6 Å². The van der Waals surface area contributed by atoms with Gasteiger partial charge in [0.1, 0.15) is 17.1 Å². The quantitative estimate of drug-likeness (QED) is 0.0577. The number of imide groups is 1. The molecule has 4 heterocycles. The van der Waals surface area contributed by atoms with E-state index < -0.39 is 91.7 Å². The van der Waals surface area contributed by atoms with Gasteiger partial charge in [-0.15, -0.1) is 23.2 Å². The summed E-state index contributed by atoms with van der Waals surface area (Å²) in [7, 11) is 4.36. The predicted molar refractivity (Wildman–Crippen MR) is 213 cm³/mol. The summed E-state index contributed by atoms with van der Waals surface area (Å²) >= 11 is 14.5. The molecule has 4 atom stereocenters. The van der Waals surface area contributed by atoms with E-state index in [0.29, 0.717) is 22.5 Å². The Bertz CT molecular complexity index is 3210. The maximum atomic E-state index is 15.5. The third-order valence-electron chi connectivity index (χ3n) is 12.0. The summed E-state index contributed by atoms with van der Waals surface area (Å²) in [4.78, 5) is 69.9.